The van der Waals surface area contributed by atoms with E-state index in [1.807, 2.05) is 52.0 Å². The molecule has 2 aliphatic rings. The summed E-state index contributed by atoms with van der Waals surface area (Å²) >= 11 is 0. The van der Waals surface area contributed by atoms with Gasteiger partial charge in [-0.05, 0) is 70.9 Å². The number of carbonyl (C=O) groups is 3. The first kappa shape index (κ1) is 31.1. The van der Waals surface area contributed by atoms with Crippen molar-refractivity contribution in [2.45, 2.75) is 72.3 Å². The SMILES string of the molecule is CCN1CC(=O)N[C@H]2CN(C(=O)Cc3c(C)noc3C)CC[C@@H]2OCc2cccc(c2)Oc2cc(OC(C)C)cc(c2)C1=O. The normalized spacial score (nSPS) is 19.3. The van der Waals surface area contributed by atoms with Crippen molar-refractivity contribution in [1.82, 2.24) is 20.3 Å². The van der Waals surface area contributed by atoms with Crippen molar-refractivity contribution in [3.8, 4) is 17.2 Å². The van der Waals surface area contributed by atoms with E-state index in [0.29, 0.717) is 60.4 Å². The van der Waals surface area contributed by atoms with Crippen LogP contribution in [0.25, 0.3) is 0 Å². The van der Waals surface area contributed by atoms with Gasteiger partial charge in [0.15, 0.2) is 0 Å². The van der Waals surface area contributed by atoms with Crippen LogP contribution in [0.1, 0.15) is 60.1 Å². The summed E-state index contributed by atoms with van der Waals surface area (Å²) in [5.74, 6) is 1.42. The molecule has 234 valence electrons. The molecular formula is C33H40N4O7. The Kier molecular flexibility index (Phi) is 9.53. The van der Waals surface area contributed by atoms with E-state index in [-0.39, 0.29) is 49.4 Å². The molecule has 2 atom stereocenters. The molecule has 0 aliphatic carbocycles. The summed E-state index contributed by atoms with van der Waals surface area (Å²) in [4.78, 5) is 43.6. The molecule has 5 rings (SSSR count). The van der Waals surface area contributed by atoms with Crippen molar-refractivity contribution >= 4 is 17.7 Å². The molecule has 1 saturated heterocycles. The summed E-state index contributed by atoms with van der Waals surface area (Å²) in [7, 11) is 0. The Balaban J connectivity index is 1.42. The van der Waals surface area contributed by atoms with Gasteiger partial charge in [-0.1, -0.05) is 17.3 Å². The van der Waals surface area contributed by atoms with Crippen LogP contribution in [-0.2, 0) is 27.4 Å². The molecule has 1 N–H and O–H groups in total. The van der Waals surface area contributed by atoms with E-state index in [1.54, 1.807) is 30.0 Å². The van der Waals surface area contributed by atoms with Crippen molar-refractivity contribution in [1.29, 1.82) is 0 Å². The van der Waals surface area contributed by atoms with E-state index < -0.39 is 6.04 Å². The summed E-state index contributed by atoms with van der Waals surface area (Å²) in [6, 6.07) is 12.2. The molecule has 2 aliphatic heterocycles. The summed E-state index contributed by atoms with van der Waals surface area (Å²) in [5, 5.41) is 7.03. The molecule has 44 heavy (non-hydrogen) atoms. The maximum Gasteiger partial charge on any atom is 0.254 e. The predicted octanol–water partition coefficient (Wildman–Crippen LogP) is 4.19. The number of nitrogens with one attached hydrogen (secondary N) is 1. The minimum absolute atomic E-state index is 0.0752. The molecule has 11 nitrogen and oxygen atoms in total. The number of nitrogens with zero attached hydrogens (tertiary/aromatic N) is 3. The summed E-state index contributed by atoms with van der Waals surface area (Å²) in [5.41, 5.74) is 2.71. The highest BCUT2D eigenvalue weighted by Gasteiger charge is 2.34. The molecule has 0 unspecified atom stereocenters. The van der Waals surface area contributed by atoms with E-state index in [2.05, 4.69) is 10.5 Å². The molecule has 1 aromatic heterocycles. The Morgan fingerprint density at radius 3 is 2.68 bits per heavy atom. The predicted molar refractivity (Wildman–Crippen MR) is 162 cm³/mol. The van der Waals surface area contributed by atoms with Gasteiger partial charge < -0.3 is 33.9 Å². The van der Waals surface area contributed by atoms with Crippen LogP contribution in [0.2, 0.25) is 0 Å². The second kappa shape index (κ2) is 13.5. The highest BCUT2D eigenvalue weighted by Crippen LogP contribution is 2.30. The number of piperidine rings is 1. The maximum absolute atomic E-state index is 13.7. The Morgan fingerprint density at radius 1 is 1.14 bits per heavy atom. The van der Waals surface area contributed by atoms with Crippen LogP contribution in [0.5, 0.6) is 17.2 Å². The lowest BCUT2D eigenvalue weighted by atomic mass is 10.00. The third-order valence-electron chi connectivity index (χ3n) is 7.86. The summed E-state index contributed by atoms with van der Waals surface area (Å²) in [6.07, 6.45) is 0.251. The number of rotatable bonds is 5. The quantitative estimate of drug-likeness (QED) is 0.460. The first-order valence-electron chi connectivity index (χ1n) is 15.1. The molecule has 0 radical (unpaired) electrons. The van der Waals surface area contributed by atoms with Crippen LogP contribution >= 0.6 is 0 Å². The molecule has 0 saturated carbocycles. The van der Waals surface area contributed by atoms with E-state index in [9.17, 15) is 14.4 Å². The van der Waals surface area contributed by atoms with Gasteiger partial charge in [-0.3, -0.25) is 14.4 Å². The first-order chi connectivity index (χ1) is 21.1. The van der Waals surface area contributed by atoms with Crippen LogP contribution in [0.15, 0.2) is 47.0 Å². The largest absolute Gasteiger partial charge is 0.491 e. The molecule has 3 amide bonds. The number of ether oxygens (including phenoxy) is 3. The zero-order valence-electron chi connectivity index (χ0n) is 25.9. The lowest BCUT2D eigenvalue weighted by molar-refractivity contribution is -0.136. The van der Waals surface area contributed by atoms with Gasteiger partial charge in [-0.15, -0.1) is 0 Å². The van der Waals surface area contributed by atoms with Crippen LogP contribution < -0.4 is 14.8 Å². The number of benzene rings is 2. The maximum atomic E-state index is 13.7. The van der Waals surface area contributed by atoms with Gasteiger partial charge in [0.2, 0.25) is 11.8 Å². The number of aromatic nitrogens is 1. The van der Waals surface area contributed by atoms with Crippen LogP contribution in [0, 0.1) is 13.8 Å². The van der Waals surface area contributed by atoms with Gasteiger partial charge in [-0.2, -0.15) is 0 Å². The standard InChI is InChI=1S/C33H40N4O7/c1-6-36-18-31(38)34-29-17-37(32(39)16-28-21(4)35-44-22(28)5)11-10-30(29)41-19-23-8-7-9-25(12-23)43-27-14-24(33(36)40)13-26(15-27)42-20(2)3/h7-9,12-15,20,29-30H,6,10-11,16-19H2,1-5H3,(H,34,38)/t29-,30-/m0/s1. The second-order valence-electron chi connectivity index (χ2n) is 11.6. The minimum Gasteiger partial charge on any atom is -0.491 e. The Morgan fingerprint density at radius 2 is 1.95 bits per heavy atom. The Hall–Kier alpha value is -4.38. The van der Waals surface area contributed by atoms with Crippen LogP contribution in [0.3, 0.4) is 0 Å². The number of aryl methyl sites for hydroxylation is 2. The number of likely N-dealkylation sites (N-methyl/N-ethyl adjacent to an activating group) is 1. The monoisotopic (exact) mass is 604 g/mol. The summed E-state index contributed by atoms with van der Waals surface area (Å²) < 4.78 is 23.7. The number of hydrogen-bond donors (Lipinski definition) is 1. The van der Waals surface area contributed by atoms with E-state index in [0.717, 1.165) is 11.1 Å². The molecule has 0 spiro atoms. The lowest BCUT2D eigenvalue weighted by Crippen LogP contribution is -2.58. The Labute approximate surface area is 257 Å². The van der Waals surface area contributed by atoms with Crippen LogP contribution in [-0.4, -0.2) is 77.1 Å². The molecule has 3 aromatic rings. The van der Waals surface area contributed by atoms with E-state index in [4.69, 9.17) is 18.7 Å². The average Bonchev–Trinajstić information content (AvgIpc) is 3.30. The second-order valence-corrected chi connectivity index (χ2v) is 11.6. The topological polar surface area (TPSA) is 123 Å². The molecule has 4 bridgehead atoms. The number of fused-ring (bicyclic) bond motifs is 5. The first-order valence-corrected chi connectivity index (χ1v) is 15.1. The number of amides is 3. The van der Waals surface area contributed by atoms with E-state index >= 15 is 0 Å². The number of carbonyl (C=O) groups excluding carboxylic acids is 3. The van der Waals surface area contributed by atoms with Crippen molar-refractivity contribution < 1.29 is 33.1 Å². The number of hydrogen-bond acceptors (Lipinski definition) is 8. The zero-order valence-corrected chi connectivity index (χ0v) is 25.9. The van der Waals surface area contributed by atoms with Crippen LogP contribution in [0.4, 0.5) is 0 Å². The Bertz CT molecular complexity index is 1500. The molecule has 3 heterocycles. The highest BCUT2D eigenvalue weighted by atomic mass is 16.5. The molecule has 1 fully saturated rings. The number of likely N-dealkylation sites (tertiary alicyclic amines) is 1. The van der Waals surface area contributed by atoms with Gasteiger partial charge in [0.25, 0.3) is 5.91 Å². The van der Waals surface area contributed by atoms with Crippen molar-refractivity contribution in [2.75, 3.05) is 26.2 Å². The third kappa shape index (κ3) is 7.39. The van der Waals surface area contributed by atoms with Gasteiger partial charge in [-0.25, -0.2) is 0 Å². The fourth-order valence-electron chi connectivity index (χ4n) is 5.58. The fourth-order valence-corrected chi connectivity index (χ4v) is 5.58. The third-order valence-corrected chi connectivity index (χ3v) is 7.86. The average molecular weight is 605 g/mol. The van der Waals surface area contributed by atoms with Gasteiger partial charge in [0.1, 0.15) is 23.0 Å². The lowest BCUT2D eigenvalue weighted by Gasteiger charge is -2.39. The van der Waals surface area contributed by atoms with Gasteiger partial charge in [0, 0.05) is 36.8 Å². The summed E-state index contributed by atoms with van der Waals surface area (Å²) in [6.45, 7) is 10.5. The molecule has 2 aromatic carbocycles. The van der Waals surface area contributed by atoms with E-state index in [1.165, 1.54) is 4.90 Å². The zero-order chi connectivity index (χ0) is 31.4. The fraction of sp³-hybridized carbons (Fsp3) is 0.455. The van der Waals surface area contributed by atoms with Crippen molar-refractivity contribution in [2.24, 2.45) is 0 Å². The van der Waals surface area contributed by atoms with Gasteiger partial charge in [0.05, 0.1) is 43.5 Å². The van der Waals surface area contributed by atoms with Crippen molar-refractivity contribution in [3.63, 3.8) is 0 Å². The smallest absolute Gasteiger partial charge is 0.254 e. The minimum atomic E-state index is -0.472. The highest BCUT2D eigenvalue weighted by molar-refractivity contribution is 5.97. The molecular weight excluding hydrogens is 564 g/mol. The van der Waals surface area contributed by atoms with Crippen molar-refractivity contribution in [3.05, 3.63) is 70.6 Å². The molecule has 11 heteroatoms. The van der Waals surface area contributed by atoms with Gasteiger partial charge >= 0.3 is 0 Å².